The third-order valence-electron chi connectivity index (χ3n) is 6.93. The molecule has 8 nitrogen and oxygen atoms in total. The van der Waals surface area contributed by atoms with E-state index in [4.69, 9.17) is 19.8 Å². The van der Waals surface area contributed by atoms with E-state index in [9.17, 15) is 0 Å². The molecule has 1 unspecified atom stereocenters. The highest BCUT2D eigenvalue weighted by Crippen LogP contribution is 2.34. The molecule has 0 aliphatic carbocycles. The molecule has 2 fully saturated rings. The Morgan fingerprint density at radius 1 is 0.971 bits per heavy atom. The lowest BCUT2D eigenvalue weighted by molar-refractivity contribution is -0.0365. The molecule has 6 rings (SSSR count). The second-order valence-electron chi connectivity index (χ2n) is 9.39. The Hall–Kier alpha value is -3.26. The average molecular weight is 458 g/mol. The molecule has 2 aliphatic rings. The molecule has 0 saturated carbocycles. The highest BCUT2D eigenvalue weighted by Gasteiger charge is 2.23. The number of rotatable bonds is 4. The van der Waals surface area contributed by atoms with Crippen LogP contribution < -0.4 is 4.90 Å². The molecule has 2 aliphatic heterocycles. The third kappa shape index (κ3) is 4.07. The zero-order chi connectivity index (χ0) is 22.9. The van der Waals surface area contributed by atoms with Crippen LogP contribution in [0.1, 0.15) is 51.2 Å². The Bertz CT molecular complexity index is 1280. The highest BCUT2D eigenvalue weighted by atomic mass is 16.5. The Labute approximate surface area is 199 Å². The molecule has 6 heterocycles. The van der Waals surface area contributed by atoms with Crippen LogP contribution in [0.25, 0.3) is 33.5 Å². The van der Waals surface area contributed by atoms with Gasteiger partial charge < -0.3 is 9.64 Å². The normalized spacial score (nSPS) is 19.4. The van der Waals surface area contributed by atoms with Crippen molar-refractivity contribution in [1.29, 1.82) is 0 Å². The lowest BCUT2D eigenvalue weighted by Crippen LogP contribution is -2.24. The average Bonchev–Trinajstić information content (AvgIpc) is 3.37. The van der Waals surface area contributed by atoms with Gasteiger partial charge in [-0.3, -0.25) is 9.67 Å². The lowest BCUT2D eigenvalue weighted by Gasteiger charge is -2.23. The van der Waals surface area contributed by atoms with Gasteiger partial charge in [0.2, 0.25) is 0 Å². The van der Waals surface area contributed by atoms with E-state index in [0.29, 0.717) is 0 Å². The third-order valence-corrected chi connectivity index (χ3v) is 6.93. The Morgan fingerprint density at radius 2 is 1.85 bits per heavy atom. The van der Waals surface area contributed by atoms with Gasteiger partial charge in [0, 0.05) is 43.9 Å². The van der Waals surface area contributed by atoms with Crippen LogP contribution in [0.2, 0.25) is 0 Å². The number of aryl methyl sites for hydroxylation is 1. The Balaban J connectivity index is 1.46. The summed E-state index contributed by atoms with van der Waals surface area (Å²) in [6.45, 7) is 2.90. The van der Waals surface area contributed by atoms with Gasteiger partial charge in [-0.2, -0.15) is 10.2 Å². The summed E-state index contributed by atoms with van der Waals surface area (Å²) in [5.41, 5.74) is 4.63. The van der Waals surface area contributed by atoms with Crippen molar-refractivity contribution in [3.63, 3.8) is 0 Å². The number of hydrogen-bond donors (Lipinski definition) is 0. The van der Waals surface area contributed by atoms with Crippen molar-refractivity contribution in [3.8, 4) is 22.6 Å². The maximum absolute atomic E-state index is 6.10. The second kappa shape index (κ2) is 9.18. The fraction of sp³-hybridized carbons (Fsp3) is 0.462. The molecule has 4 aromatic heterocycles. The Kier molecular flexibility index (Phi) is 5.74. The largest absolute Gasteiger partial charge is 0.357 e. The summed E-state index contributed by atoms with van der Waals surface area (Å²) >= 11 is 0. The standard InChI is InChI=1S/C26H31N7O/c1-31-18-19(16-28-31)22-15-20-23(17-27-22)33(25-11-4-7-14-34-25)30-26(20)21-9-8-10-24(29-21)32-12-5-2-3-6-13-32/h8-10,15-18,25H,2-7,11-14H2,1H3. The number of fused-ring (bicyclic) bond motifs is 1. The van der Waals surface area contributed by atoms with Crippen LogP contribution in [0.15, 0.2) is 42.9 Å². The first kappa shape index (κ1) is 21.3. The molecule has 0 amide bonds. The zero-order valence-electron chi connectivity index (χ0n) is 19.7. The highest BCUT2D eigenvalue weighted by molar-refractivity contribution is 5.94. The maximum atomic E-state index is 6.10. The van der Waals surface area contributed by atoms with Crippen molar-refractivity contribution >= 4 is 16.7 Å². The molecule has 34 heavy (non-hydrogen) atoms. The summed E-state index contributed by atoms with van der Waals surface area (Å²) in [7, 11) is 1.92. The van der Waals surface area contributed by atoms with Gasteiger partial charge in [0.15, 0.2) is 6.23 Å². The molecule has 0 radical (unpaired) electrons. The summed E-state index contributed by atoms with van der Waals surface area (Å²) < 4.78 is 9.92. The van der Waals surface area contributed by atoms with Crippen LogP contribution >= 0.6 is 0 Å². The van der Waals surface area contributed by atoms with Crippen LogP contribution in [0.4, 0.5) is 5.82 Å². The fourth-order valence-corrected chi connectivity index (χ4v) is 5.10. The molecule has 0 bridgehead atoms. The van der Waals surface area contributed by atoms with Crippen molar-refractivity contribution < 1.29 is 4.74 Å². The van der Waals surface area contributed by atoms with Gasteiger partial charge in [0.1, 0.15) is 11.5 Å². The molecule has 0 aromatic carbocycles. The van der Waals surface area contributed by atoms with Crippen LogP contribution in [0.5, 0.6) is 0 Å². The first-order valence-electron chi connectivity index (χ1n) is 12.5. The van der Waals surface area contributed by atoms with E-state index in [0.717, 1.165) is 78.3 Å². The van der Waals surface area contributed by atoms with Gasteiger partial charge >= 0.3 is 0 Å². The van der Waals surface area contributed by atoms with Gasteiger partial charge in [-0.25, -0.2) is 9.67 Å². The summed E-state index contributed by atoms with van der Waals surface area (Å²) in [6.07, 6.45) is 14.0. The van der Waals surface area contributed by atoms with E-state index in [1.807, 2.05) is 30.3 Å². The molecule has 2 saturated heterocycles. The number of anilines is 1. The minimum absolute atomic E-state index is 0.0650. The number of hydrogen-bond acceptors (Lipinski definition) is 6. The van der Waals surface area contributed by atoms with Gasteiger partial charge in [-0.15, -0.1) is 0 Å². The Morgan fingerprint density at radius 3 is 2.62 bits per heavy atom. The fourth-order valence-electron chi connectivity index (χ4n) is 5.10. The number of nitrogens with zero attached hydrogens (tertiary/aromatic N) is 7. The SMILES string of the molecule is Cn1cc(-c2cc3c(-c4cccc(N5CCCCCC5)n4)nn(C4CCCCO4)c3cn2)cn1. The van der Waals surface area contributed by atoms with Crippen molar-refractivity contribution in [1.82, 2.24) is 29.5 Å². The van der Waals surface area contributed by atoms with E-state index >= 15 is 0 Å². The van der Waals surface area contributed by atoms with E-state index < -0.39 is 0 Å². The lowest BCUT2D eigenvalue weighted by atomic mass is 10.1. The number of aromatic nitrogens is 6. The van der Waals surface area contributed by atoms with Gasteiger partial charge in [-0.05, 0) is 50.3 Å². The molecule has 4 aromatic rings. The van der Waals surface area contributed by atoms with E-state index in [-0.39, 0.29) is 6.23 Å². The van der Waals surface area contributed by atoms with E-state index in [2.05, 4.69) is 34.3 Å². The molecule has 0 N–H and O–H groups in total. The second-order valence-corrected chi connectivity index (χ2v) is 9.39. The van der Waals surface area contributed by atoms with E-state index in [1.165, 1.54) is 25.7 Å². The topological polar surface area (TPSA) is 73.9 Å². The predicted octanol–water partition coefficient (Wildman–Crippen LogP) is 4.97. The molecule has 8 heteroatoms. The van der Waals surface area contributed by atoms with Gasteiger partial charge in [-0.1, -0.05) is 18.9 Å². The molecule has 1 atom stereocenters. The van der Waals surface area contributed by atoms with Gasteiger partial charge in [0.05, 0.1) is 29.3 Å². The summed E-state index contributed by atoms with van der Waals surface area (Å²) in [6, 6.07) is 8.42. The molecular formula is C26H31N7O. The van der Waals surface area contributed by atoms with Crippen molar-refractivity contribution in [2.45, 2.75) is 51.2 Å². The smallest absolute Gasteiger partial charge is 0.150 e. The minimum Gasteiger partial charge on any atom is -0.357 e. The van der Waals surface area contributed by atoms with Gasteiger partial charge in [0.25, 0.3) is 0 Å². The van der Waals surface area contributed by atoms with Crippen molar-refractivity contribution in [2.75, 3.05) is 24.6 Å². The minimum atomic E-state index is -0.0650. The van der Waals surface area contributed by atoms with E-state index in [1.54, 1.807) is 4.68 Å². The maximum Gasteiger partial charge on any atom is 0.150 e. The van der Waals surface area contributed by atoms with Crippen LogP contribution in [0, 0.1) is 0 Å². The number of pyridine rings is 2. The molecule has 176 valence electrons. The summed E-state index contributed by atoms with van der Waals surface area (Å²) in [5.74, 6) is 1.04. The van der Waals surface area contributed by atoms with Crippen LogP contribution in [-0.2, 0) is 11.8 Å². The first-order valence-corrected chi connectivity index (χ1v) is 12.5. The predicted molar refractivity (Wildman–Crippen MR) is 132 cm³/mol. The summed E-state index contributed by atoms with van der Waals surface area (Å²) in [5, 5.41) is 10.4. The summed E-state index contributed by atoms with van der Waals surface area (Å²) in [4.78, 5) is 12.3. The van der Waals surface area contributed by atoms with Crippen LogP contribution in [0.3, 0.4) is 0 Å². The van der Waals surface area contributed by atoms with Crippen LogP contribution in [-0.4, -0.2) is 49.2 Å². The quantitative estimate of drug-likeness (QED) is 0.431. The number of ether oxygens (including phenoxy) is 1. The monoisotopic (exact) mass is 457 g/mol. The van der Waals surface area contributed by atoms with Crippen molar-refractivity contribution in [2.24, 2.45) is 7.05 Å². The molecule has 0 spiro atoms. The molecular weight excluding hydrogens is 426 g/mol. The first-order chi connectivity index (χ1) is 16.8. The van der Waals surface area contributed by atoms with Crippen molar-refractivity contribution in [3.05, 3.63) is 42.9 Å². The zero-order valence-corrected chi connectivity index (χ0v) is 19.7.